The maximum atomic E-state index is 11.3. The largest absolute Gasteiger partial charge is 0.497 e. The molecule has 1 aromatic rings. The number of carbonyl (C=O) groups is 1. The summed E-state index contributed by atoms with van der Waals surface area (Å²) in [6.07, 6.45) is 0. The Bertz CT molecular complexity index is 447. The summed E-state index contributed by atoms with van der Waals surface area (Å²) in [5.41, 5.74) is 0.889. The van der Waals surface area contributed by atoms with E-state index in [4.69, 9.17) is 4.74 Å². The lowest BCUT2D eigenvalue weighted by Gasteiger charge is -2.26. The van der Waals surface area contributed by atoms with Crippen molar-refractivity contribution in [1.82, 2.24) is 0 Å². The molecular formula is C16H25NO3. The molecule has 0 fully saturated rings. The molecule has 0 saturated carbocycles. The molecule has 20 heavy (non-hydrogen) atoms. The van der Waals surface area contributed by atoms with Crippen LogP contribution in [0.5, 0.6) is 5.75 Å². The van der Waals surface area contributed by atoms with Gasteiger partial charge in [-0.05, 0) is 29.9 Å². The van der Waals surface area contributed by atoms with E-state index in [1.807, 2.05) is 0 Å². The van der Waals surface area contributed by atoms with Gasteiger partial charge in [0.15, 0.2) is 0 Å². The number of aromatic carboxylic acids is 1. The van der Waals surface area contributed by atoms with Gasteiger partial charge < -0.3 is 15.2 Å². The molecule has 0 amide bonds. The molecule has 0 atom stereocenters. The van der Waals surface area contributed by atoms with E-state index < -0.39 is 5.97 Å². The SMILES string of the molecule is COc1ccc(C(=O)O)c(NCC(C(C)C)C(C)C)c1. The maximum absolute atomic E-state index is 11.3. The normalized spacial score (nSPS) is 11.2. The van der Waals surface area contributed by atoms with Crippen molar-refractivity contribution in [3.8, 4) is 5.75 Å². The van der Waals surface area contributed by atoms with Crippen LogP contribution in [0.15, 0.2) is 18.2 Å². The topological polar surface area (TPSA) is 58.6 Å². The third-order valence-electron chi connectivity index (χ3n) is 3.70. The Balaban J connectivity index is 2.92. The van der Waals surface area contributed by atoms with E-state index in [9.17, 15) is 9.90 Å². The number of hydrogen-bond acceptors (Lipinski definition) is 3. The molecule has 0 radical (unpaired) electrons. The van der Waals surface area contributed by atoms with E-state index in [-0.39, 0.29) is 5.56 Å². The average molecular weight is 279 g/mol. The third kappa shape index (κ3) is 4.15. The third-order valence-corrected chi connectivity index (χ3v) is 3.70. The zero-order valence-corrected chi connectivity index (χ0v) is 12.9. The Hall–Kier alpha value is -1.71. The molecule has 0 spiro atoms. The van der Waals surface area contributed by atoms with E-state index in [0.717, 1.165) is 6.54 Å². The fourth-order valence-electron chi connectivity index (χ4n) is 2.45. The van der Waals surface area contributed by atoms with Crippen molar-refractivity contribution in [2.75, 3.05) is 19.0 Å². The highest BCUT2D eigenvalue weighted by molar-refractivity contribution is 5.94. The Morgan fingerprint density at radius 1 is 1.25 bits per heavy atom. The van der Waals surface area contributed by atoms with E-state index >= 15 is 0 Å². The summed E-state index contributed by atoms with van der Waals surface area (Å²) in [7, 11) is 1.57. The van der Waals surface area contributed by atoms with Gasteiger partial charge in [-0.2, -0.15) is 0 Å². The highest BCUT2D eigenvalue weighted by Crippen LogP contribution is 2.25. The average Bonchev–Trinajstić information content (AvgIpc) is 2.37. The molecule has 0 bridgehead atoms. The molecule has 0 aliphatic carbocycles. The van der Waals surface area contributed by atoms with Crippen LogP contribution >= 0.6 is 0 Å². The van der Waals surface area contributed by atoms with E-state index in [1.54, 1.807) is 25.3 Å². The molecule has 0 saturated heterocycles. The summed E-state index contributed by atoms with van der Waals surface area (Å²) in [4.78, 5) is 11.3. The maximum Gasteiger partial charge on any atom is 0.337 e. The van der Waals surface area contributed by atoms with Gasteiger partial charge in [0, 0.05) is 12.6 Å². The molecule has 0 aliphatic heterocycles. The molecular weight excluding hydrogens is 254 g/mol. The van der Waals surface area contributed by atoms with Gasteiger partial charge in [-0.3, -0.25) is 0 Å². The predicted octanol–water partition coefficient (Wildman–Crippen LogP) is 3.73. The Morgan fingerprint density at radius 2 is 1.85 bits per heavy atom. The second-order valence-electron chi connectivity index (χ2n) is 5.75. The number of carboxylic acids is 1. The fraction of sp³-hybridized carbons (Fsp3) is 0.562. The lowest BCUT2D eigenvalue weighted by atomic mass is 9.85. The second kappa shape index (κ2) is 7.17. The van der Waals surface area contributed by atoms with E-state index in [2.05, 4.69) is 33.0 Å². The quantitative estimate of drug-likeness (QED) is 0.798. The molecule has 0 aromatic heterocycles. The lowest BCUT2D eigenvalue weighted by molar-refractivity contribution is 0.0698. The summed E-state index contributed by atoms with van der Waals surface area (Å²) in [5.74, 6) is 1.30. The van der Waals surface area contributed by atoms with E-state index in [1.165, 1.54) is 0 Å². The second-order valence-corrected chi connectivity index (χ2v) is 5.75. The van der Waals surface area contributed by atoms with Crippen LogP contribution in [0.4, 0.5) is 5.69 Å². The molecule has 0 heterocycles. The van der Waals surface area contributed by atoms with Gasteiger partial charge in [0.2, 0.25) is 0 Å². The highest BCUT2D eigenvalue weighted by Gasteiger charge is 2.18. The molecule has 1 rings (SSSR count). The lowest BCUT2D eigenvalue weighted by Crippen LogP contribution is -2.25. The first kappa shape index (κ1) is 16.3. The Labute approximate surface area is 121 Å². The van der Waals surface area contributed by atoms with Crippen molar-refractivity contribution < 1.29 is 14.6 Å². The van der Waals surface area contributed by atoms with Crippen molar-refractivity contribution in [2.45, 2.75) is 27.7 Å². The highest BCUT2D eigenvalue weighted by atomic mass is 16.5. The Morgan fingerprint density at radius 3 is 2.30 bits per heavy atom. The Kier molecular flexibility index (Phi) is 5.86. The van der Waals surface area contributed by atoms with Gasteiger partial charge in [-0.1, -0.05) is 27.7 Å². The van der Waals surface area contributed by atoms with Gasteiger partial charge in [0.25, 0.3) is 0 Å². The van der Waals surface area contributed by atoms with Crippen molar-refractivity contribution in [3.05, 3.63) is 23.8 Å². The molecule has 0 unspecified atom stereocenters. The van der Waals surface area contributed by atoms with Gasteiger partial charge in [-0.15, -0.1) is 0 Å². The smallest absolute Gasteiger partial charge is 0.337 e. The fourth-order valence-corrected chi connectivity index (χ4v) is 2.45. The van der Waals surface area contributed by atoms with Crippen molar-refractivity contribution >= 4 is 11.7 Å². The monoisotopic (exact) mass is 279 g/mol. The number of nitrogens with one attached hydrogen (secondary N) is 1. The zero-order chi connectivity index (χ0) is 15.3. The molecule has 2 N–H and O–H groups in total. The van der Waals surface area contributed by atoms with Crippen LogP contribution in [0, 0.1) is 17.8 Å². The van der Waals surface area contributed by atoms with Crippen molar-refractivity contribution in [1.29, 1.82) is 0 Å². The van der Waals surface area contributed by atoms with Crippen LogP contribution in [0.2, 0.25) is 0 Å². The first-order valence-corrected chi connectivity index (χ1v) is 7.02. The number of anilines is 1. The van der Waals surface area contributed by atoms with Gasteiger partial charge in [0.05, 0.1) is 18.4 Å². The summed E-state index contributed by atoms with van der Waals surface area (Å²) < 4.78 is 5.16. The number of benzene rings is 1. The molecule has 1 aromatic carbocycles. The van der Waals surface area contributed by atoms with Crippen LogP contribution in [0.3, 0.4) is 0 Å². The van der Waals surface area contributed by atoms with Crippen molar-refractivity contribution in [3.63, 3.8) is 0 Å². The standard InChI is InChI=1S/C16H25NO3/c1-10(2)14(11(3)4)9-17-15-8-12(20-5)6-7-13(15)16(18)19/h6-8,10-11,14,17H,9H2,1-5H3,(H,18,19). The van der Waals surface area contributed by atoms with Crippen LogP contribution in [-0.2, 0) is 0 Å². The summed E-state index contributed by atoms with van der Waals surface area (Å²) in [6, 6.07) is 4.97. The minimum absolute atomic E-state index is 0.275. The van der Waals surface area contributed by atoms with Gasteiger partial charge >= 0.3 is 5.97 Å². The van der Waals surface area contributed by atoms with Crippen LogP contribution < -0.4 is 10.1 Å². The van der Waals surface area contributed by atoms with Crippen molar-refractivity contribution in [2.24, 2.45) is 17.8 Å². The number of methoxy groups -OCH3 is 1. The molecule has 4 heteroatoms. The van der Waals surface area contributed by atoms with Crippen LogP contribution in [0.1, 0.15) is 38.1 Å². The first-order chi connectivity index (χ1) is 9.36. The number of rotatable bonds is 7. The number of hydrogen-bond donors (Lipinski definition) is 2. The predicted molar refractivity (Wildman–Crippen MR) is 81.6 cm³/mol. The van der Waals surface area contributed by atoms with Gasteiger partial charge in [0.1, 0.15) is 5.75 Å². The number of ether oxygens (including phenoxy) is 1. The first-order valence-electron chi connectivity index (χ1n) is 7.02. The number of carboxylic acid groups (broad SMARTS) is 1. The van der Waals surface area contributed by atoms with Gasteiger partial charge in [-0.25, -0.2) is 4.79 Å². The molecule has 0 aliphatic rings. The zero-order valence-electron chi connectivity index (χ0n) is 12.9. The summed E-state index contributed by atoms with van der Waals surface area (Å²) >= 11 is 0. The molecule has 112 valence electrons. The van der Waals surface area contributed by atoms with E-state index in [0.29, 0.717) is 29.2 Å². The molecule has 4 nitrogen and oxygen atoms in total. The summed E-state index contributed by atoms with van der Waals surface area (Å²) in [6.45, 7) is 9.51. The minimum atomic E-state index is -0.930. The minimum Gasteiger partial charge on any atom is -0.497 e. The summed E-state index contributed by atoms with van der Waals surface area (Å²) in [5, 5.41) is 12.5. The van der Waals surface area contributed by atoms with Crippen LogP contribution in [-0.4, -0.2) is 24.7 Å². The van der Waals surface area contributed by atoms with Crippen LogP contribution in [0.25, 0.3) is 0 Å².